The number of rotatable bonds is 5. The van der Waals surface area contributed by atoms with Gasteiger partial charge in [0.15, 0.2) is 11.5 Å². The van der Waals surface area contributed by atoms with E-state index in [1.54, 1.807) is 23.1 Å². The second-order valence-electron chi connectivity index (χ2n) is 5.81. The normalized spacial score (nSPS) is 17.0. The number of sulfonamides is 1. The van der Waals surface area contributed by atoms with Crippen molar-refractivity contribution in [3.63, 3.8) is 0 Å². The molecule has 1 saturated heterocycles. The van der Waals surface area contributed by atoms with E-state index in [0.717, 1.165) is 24.7 Å². The zero-order valence-corrected chi connectivity index (χ0v) is 13.8. The second kappa shape index (κ2) is 6.37. The van der Waals surface area contributed by atoms with Crippen LogP contribution in [0.15, 0.2) is 18.2 Å². The maximum Gasteiger partial charge on any atom is 0.237 e. The molecule has 0 aliphatic carbocycles. The molecular weight excluding hydrogens is 320 g/mol. The Kier molecular flexibility index (Phi) is 4.45. The van der Waals surface area contributed by atoms with Crippen LogP contribution in [-0.4, -0.2) is 56.2 Å². The summed E-state index contributed by atoms with van der Waals surface area (Å²) in [6.45, 7) is 1.59. The van der Waals surface area contributed by atoms with Gasteiger partial charge in [-0.1, -0.05) is 6.07 Å². The fourth-order valence-electron chi connectivity index (χ4n) is 2.75. The van der Waals surface area contributed by atoms with Crippen LogP contribution in [0, 0.1) is 0 Å². The van der Waals surface area contributed by atoms with Gasteiger partial charge in [-0.25, -0.2) is 8.42 Å². The first-order valence-electron chi connectivity index (χ1n) is 7.55. The number of nitrogens with zero attached hydrogens (tertiary/aromatic N) is 2. The Morgan fingerprint density at radius 3 is 2.61 bits per heavy atom. The third-order valence-corrected chi connectivity index (χ3v) is 5.23. The molecule has 0 saturated carbocycles. The van der Waals surface area contributed by atoms with Gasteiger partial charge in [-0.15, -0.1) is 0 Å². The number of fused-ring (bicyclic) bond motifs is 1. The Labute approximate surface area is 135 Å². The summed E-state index contributed by atoms with van der Waals surface area (Å²) >= 11 is 0. The van der Waals surface area contributed by atoms with E-state index < -0.39 is 10.0 Å². The molecule has 8 heteroatoms. The molecule has 0 bridgehead atoms. The molecule has 1 aromatic rings. The first-order chi connectivity index (χ1) is 10.9. The fraction of sp³-hybridized carbons (Fsp3) is 0.533. The maximum atomic E-state index is 12.3. The highest BCUT2D eigenvalue weighted by Crippen LogP contribution is 2.33. The summed E-state index contributed by atoms with van der Waals surface area (Å²) in [5, 5.41) is 0. The van der Waals surface area contributed by atoms with E-state index in [1.807, 2.05) is 0 Å². The van der Waals surface area contributed by atoms with Crippen LogP contribution in [0.4, 0.5) is 0 Å². The Hall–Kier alpha value is -1.80. The van der Waals surface area contributed by atoms with Gasteiger partial charge >= 0.3 is 0 Å². The molecule has 2 aliphatic rings. The number of benzene rings is 1. The predicted molar refractivity (Wildman–Crippen MR) is 83.6 cm³/mol. The highest BCUT2D eigenvalue weighted by atomic mass is 32.2. The molecule has 0 spiro atoms. The average molecular weight is 340 g/mol. The molecule has 0 radical (unpaired) electrons. The van der Waals surface area contributed by atoms with Crippen LogP contribution in [0.1, 0.15) is 18.4 Å². The molecule has 2 aliphatic heterocycles. The number of carbonyl (C=O) groups excluding carboxylic acids is 1. The number of ether oxygens (including phenoxy) is 2. The standard InChI is InChI=1S/C15H20N2O5S/c1-23(19,20)17(10-15(18)16-6-2-3-7-16)9-12-4-5-13-14(8-12)22-11-21-13/h4-5,8H,2-3,6-7,9-11H2,1H3. The van der Waals surface area contributed by atoms with Crippen molar-refractivity contribution >= 4 is 15.9 Å². The van der Waals surface area contributed by atoms with Crippen molar-refractivity contribution in [1.29, 1.82) is 0 Å². The van der Waals surface area contributed by atoms with Gasteiger partial charge in [-0.3, -0.25) is 4.79 Å². The van der Waals surface area contributed by atoms with E-state index in [-0.39, 0.29) is 25.8 Å². The monoisotopic (exact) mass is 340 g/mol. The second-order valence-corrected chi connectivity index (χ2v) is 7.79. The summed E-state index contributed by atoms with van der Waals surface area (Å²) in [7, 11) is -3.49. The van der Waals surface area contributed by atoms with Crippen LogP contribution >= 0.6 is 0 Å². The number of carbonyl (C=O) groups is 1. The fourth-order valence-corrected chi connectivity index (χ4v) is 3.48. The molecule has 0 aromatic heterocycles. The summed E-state index contributed by atoms with van der Waals surface area (Å²) in [6.07, 6.45) is 3.08. The molecule has 0 N–H and O–H groups in total. The summed E-state index contributed by atoms with van der Waals surface area (Å²) in [5.41, 5.74) is 0.758. The van der Waals surface area contributed by atoms with E-state index in [4.69, 9.17) is 9.47 Å². The Bertz CT molecular complexity index is 698. The predicted octanol–water partition coefficient (Wildman–Crippen LogP) is 0.799. The van der Waals surface area contributed by atoms with Crippen molar-refractivity contribution in [3.05, 3.63) is 23.8 Å². The highest BCUT2D eigenvalue weighted by molar-refractivity contribution is 7.88. The third-order valence-electron chi connectivity index (χ3n) is 4.04. The quantitative estimate of drug-likeness (QED) is 0.792. The zero-order valence-electron chi connectivity index (χ0n) is 13.0. The molecule has 3 rings (SSSR count). The van der Waals surface area contributed by atoms with Crippen molar-refractivity contribution in [2.45, 2.75) is 19.4 Å². The number of hydrogen-bond acceptors (Lipinski definition) is 5. The van der Waals surface area contributed by atoms with Crippen molar-refractivity contribution in [1.82, 2.24) is 9.21 Å². The van der Waals surface area contributed by atoms with Crippen molar-refractivity contribution in [3.8, 4) is 11.5 Å². The summed E-state index contributed by atoms with van der Waals surface area (Å²) < 4.78 is 35.8. The van der Waals surface area contributed by atoms with Crippen LogP contribution < -0.4 is 9.47 Å². The SMILES string of the molecule is CS(=O)(=O)N(CC(=O)N1CCCC1)Cc1ccc2c(c1)OCO2. The maximum absolute atomic E-state index is 12.3. The van der Waals surface area contributed by atoms with Crippen molar-refractivity contribution in [2.75, 3.05) is 32.7 Å². The van der Waals surface area contributed by atoms with Crippen LogP contribution in [0.25, 0.3) is 0 Å². The zero-order chi connectivity index (χ0) is 16.4. The van der Waals surface area contributed by atoms with Crippen LogP contribution in [0.3, 0.4) is 0 Å². The molecule has 1 aromatic carbocycles. The molecule has 126 valence electrons. The molecule has 0 atom stereocenters. The molecule has 1 amide bonds. The minimum absolute atomic E-state index is 0.132. The third kappa shape index (κ3) is 3.76. The first-order valence-corrected chi connectivity index (χ1v) is 9.40. The van der Waals surface area contributed by atoms with Gasteiger partial charge in [0, 0.05) is 19.6 Å². The Balaban J connectivity index is 1.73. The van der Waals surface area contributed by atoms with Gasteiger partial charge in [0.2, 0.25) is 22.7 Å². The van der Waals surface area contributed by atoms with E-state index in [0.29, 0.717) is 24.6 Å². The van der Waals surface area contributed by atoms with Gasteiger partial charge in [0.05, 0.1) is 12.8 Å². The molecule has 1 fully saturated rings. The lowest BCUT2D eigenvalue weighted by atomic mass is 10.2. The van der Waals surface area contributed by atoms with E-state index >= 15 is 0 Å². The lowest BCUT2D eigenvalue weighted by Crippen LogP contribution is -2.41. The number of likely N-dealkylation sites (tertiary alicyclic amines) is 1. The lowest BCUT2D eigenvalue weighted by molar-refractivity contribution is -0.130. The van der Waals surface area contributed by atoms with Gasteiger partial charge in [0.1, 0.15) is 0 Å². The minimum Gasteiger partial charge on any atom is -0.454 e. The van der Waals surface area contributed by atoms with Gasteiger partial charge in [0.25, 0.3) is 0 Å². The molecule has 23 heavy (non-hydrogen) atoms. The van der Waals surface area contributed by atoms with E-state index in [2.05, 4.69) is 0 Å². The van der Waals surface area contributed by atoms with Crippen molar-refractivity contribution in [2.24, 2.45) is 0 Å². The Morgan fingerprint density at radius 2 is 1.91 bits per heavy atom. The number of amides is 1. The Morgan fingerprint density at radius 1 is 1.22 bits per heavy atom. The lowest BCUT2D eigenvalue weighted by Gasteiger charge is -2.23. The van der Waals surface area contributed by atoms with Gasteiger partial charge in [-0.2, -0.15) is 4.31 Å². The average Bonchev–Trinajstić information content (AvgIpc) is 3.16. The summed E-state index contributed by atoms with van der Waals surface area (Å²) in [4.78, 5) is 14.0. The molecule has 2 heterocycles. The summed E-state index contributed by atoms with van der Waals surface area (Å²) in [6, 6.07) is 5.29. The summed E-state index contributed by atoms with van der Waals surface area (Å²) in [5.74, 6) is 1.10. The largest absolute Gasteiger partial charge is 0.454 e. The van der Waals surface area contributed by atoms with Crippen molar-refractivity contribution < 1.29 is 22.7 Å². The molecule has 0 unspecified atom stereocenters. The highest BCUT2D eigenvalue weighted by Gasteiger charge is 2.26. The number of hydrogen-bond donors (Lipinski definition) is 0. The molecule has 7 nitrogen and oxygen atoms in total. The smallest absolute Gasteiger partial charge is 0.237 e. The van der Waals surface area contributed by atoms with E-state index in [9.17, 15) is 13.2 Å². The van der Waals surface area contributed by atoms with E-state index in [1.165, 1.54) is 4.31 Å². The van der Waals surface area contributed by atoms with Crippen LogP contribution in [0.2, 0.25) is 0 Å². The first kappa shape index (κ1) is 16.1. The van der Waals surface area contributed by atoms with Crippen LogP contribution in [-0.2, 0) is 21.4 Å². The van der Waals surface area contributed by atoms with Gasteiger partial charge in [-0.05, 0) is 30.5 Å². The van der Waals surface area contributed by atoms with Crippen LogP contribution in [0.5, 0.6) is 11.5 Å². The van der Waals surface area contributed by atoms with Gasteiger partial charge < -0.3 is 14.4 Å². The minimum atomic E-state index is -3.49. The topological polar surface area (TPSA) is 76.2 Å². The molecular formula is C15H20N2O5S.